The van der Waals surface area contributed by atoms with Gasteiger partial charge in [-0.05, 0) is 47.5 Å². The number of furan rings is 1. The van der Waals surface area contributed by atoms with Gasteiger partial charge in [0.1, 0.15) is 5.58 Å². The second kappa shape index (κ2) is 9.79. The summed E-state index contributed by atoms with van der Waals surface area (Å²) in [6, 6.07) is 52.6. The van der Waals surface area contributed by atoms with Gasteiger partial charge in [0.15, 0.2) is 5.82 Å². The van der Waals surface area contributed by atoms with Crippen molar-refractivity contribution >= 4 is 43.9 Å². The molecule has 0 aliphatic heterocycles. The zero-order valence-electron chi connectivity index (χ0n) is 23.7. The fourth-order valence-corrected chi connectivity index (χ4v) is 6.48. The SMILES string of the molecule is c1ccc(-c2nc(-c3ccccc3)c3c(n2)oc2ccc(-c4cccc5c4c4ccccc4n5-c4ccccc4)cc23)cc1. The number of rotatable bonds is 4. The van der Waals surface area contributed by atoms with Crippen LogP contribution < -0.4 is 0 Å². The van der Waals surface area contributed by atoms with Crippen LogP contribution in [0.3, 0.4) is 0 Å². The summed E-state index contributed by atoms with van der Waals surface area (Å²) in [5.41, 5.74) is 10.0. The minimum Gasteiger partial charge on any atom is -0.438 e. The van der Waals surface area contributed by atoms with Gasteiger partial charge in [0.25, 0.3) is 0 Å². The molecule has 4 nitrogen and oxygen atoms in total. The fraction of sp³-hybridized carbons (Fsp3) is 0. The summed E-state index contributed by atoms with van der Waals surface area (Å²) in [6.45, 7) is 0. The van der Waals surface area contributed by atoms with Gasteiger partial charge in [-0.1, -0.05) is 115 Å². The molecule has 9 aromatic rings. The molecule has 0 saturated carbocycles. The minimum atomic E-state index is 0.587. The van der Waals surface area contributed by atoms with E-state index in [4.69, 9.17) is 14.4 Å². The van der Waals surface area contributed by atoms with Crippen LogP contribution >= 0.6 is 0 Å². The fourth-order valence-electron chi connectivity index (χ4n) is 6.48. The topological polar surface area (TPSA) is 43.9 Å². The van der Waals surface area contributed by atoms with E-state index in [0.717, 1.165) is 44.4 Å². The molecule has 0 atom stereocenters. The Labute approximate surface area is 253 Å². The molecule has 3 aromatic heterocycles. The van der Waals surface area contributed by atoms with Crippen LogP contribution in [0.5, 0.6) is 0 Å². The lowest BCUT2D eigenvalue weighted by atomic mass is 9.97. The summed E-state index contributed by atoms with van der Waals surface area (Å²) in [5.74, 6) is 0.648. The first-order valence-corrected chi connectivity index (χ1v) is 14.8. The molecule has 9 rings (SSSR count). The number of aromatic nitrogens is 3. The average Bonchev–Trinajstić information content (AvgIpc) is 3.64. The normalized spacial score (nSPS) is 11.6. The number of para-hydroxylation sites is 2. The lowest BCUT2D eigenvalue weighted by Crippen LogP contribution is -1.93. The van der Waals surface area contributed by atoms with Gasteiger partial charge >= 0.3 is 0 Å². The molecule has 6 aromatic carbocycles. The molecule has 0 radical (unpaired) electrons. The van der Waals surface area contributed by atoms with Gasteiger partial charge in [0.2, 0.25) is 5.71 Å². The third-order valence-electron chi connectivity index (χ3n) is 8.43. The largest absolute Gasteiger partial charge is 0.438 e. The monoisotopic (exact) mass is 563 g/mol. The highest BCUT2D eigenvalue weighted by Crippen LogP contribution is 2.42. The highest BCUT2D eigenvalue weighted by Gasteiger charge is 2.20. The Bertz CT molecular complexity index is 2480. The molecular formula is C40H25N3O. The van der Waals surface area contributed by atoms with Crippen LogP contribution in [0.4, 0.5) is 0 Å². The Morgan fingerprint density at radius 1 is 0.477 bits per heavy atom. The van der Waals surface area contributed by atoms with Crippen LogP contribution in [0.1, 0.15) is 0 Å². The number of benzene rings is 6. The van der Waals surface area contributed by atoms with E-state index in [0.29, 0.717) is 11.5 Å². The molecule has 3 heterocycles. The Morgan fingerprint density at radius 2 is 1.16 bits per heavy atom. The molecular weight excluding hydrogens is 538 g/mol. The molecule has 206 valence electrons. The Hall–Kier alpha value is -6.00. The summed E-state index contributed by atoms with van der Waals surface area (Å²) in [5, 5.41) is 4.37. The maximum absolute atomic E-state index is 6.43. The predicted molar refractivity (Wildman–Crippen MR) is 180 cm³/mol. The van der Waals surface area contributed by atoms with E-state index in [9.17, 15) is 0 Å². The molecule has 0 N–H and O–H groups in total. The summed E-state index contributed by atoms with van der Waals surface area (Å²) in [6.07, 6.45) is 0. The van der Waals surface area contributed by atoms with Crippen molar-refractivity contribution in [3.05, 3.63) is 152 Å². The molecule has 0 spiro atoms. The molecule has 0 unspecified atom stereocenters. The van der Waals surface area contributed by atoms with Crippen molar-refractivity contribution in [3.8, 4) is 39.5 Å². The van der Waals surface area contributed by atoms with Gasteiger partial charge in [0.05, 0.1) is 22.1 Å². The molecule has 0 amide bonds. The predicted octanol–water partition coefficient (Wildman–Crippen LogP) is 10.5. The van der Waals surface area contributed by atoms with Crippen LogP contribution in [-0.4, -0.2) is 14.5 Å². The zero-order valence-corrected chi connectivity index (χ0v) is 23.7. The standard InChI is InChI=1S/C40H25N3O/c1-4-13-26(14-5-1)38-37-32-25-28(23-24-35(32)44-40(37)42-39(41-38)27-15-6-2-7-16-27)30-20-12-22-34-36(30)31-19-10-11-21-33(31)43(34)29-17-8-3-9-18-29/h1-25H. The van der Waals surface area contributed by atoms with E-state index in [1.807, 2.05) is 48.5 Å². The third-order valence-corrected chi connectivity index (χ3v) is 8.43. The molecule has 0 saturated heterocycles. The van der Waals surface area contributed by atoms with Crippen LogP contribution in [0.2, 0.25) is 0 Å². The zero-order chi connectivity index (χ0) is 29.0. The van der Waals surface area contributed by atoms with Gasteiger partial charge < -0.3 is 8.98 Å². The second-order valence-corrected chi connectivity index (χ2v) is 11.0. The maximum Gasteiger partial charge on any atom is 0.231 e. The number of hydrogen-bond donors (Lipinski definition) is 0. The lowest BCUT2D eigenvalue weighted by Gasteiger charge is -2.09. The molecule has 44 heavy (non-hydrogen) atoms. The molecule has 0 aliphatic rings. The number of fused-ring (bicyclic) bond motifs is 6. The van der Waals surface area contributed by atoms with E-state index >= 15 is 0 Å². The first-order chi connectivity index (χ1) is 21.8. The minimum absolute atomic E-state index is 0.587. The van der Waals surface area contributed by atoms with Crippen LogP contribution in [0.25, 0.3) is 83.3 Å². The van der Waals surface area contributed by atoms with Gasteiger partial charge in [-0.3, -0.25) is 0 Å². The van der Waals surface area contributed by atoms with Crippen molar-refractivity contribution in [1.82, 2.24) is 14.5 Å². The second-order valence-electron chi connectivity index (χ2n) is 11.0. The van der Waals surface area contributed by atoms with E-state index in [1.54, 1.807) is 0 Å². The van der Waals surface area contributed by atoms with Crippen molar-refractivity contribution in [1.29, 1.82) is 0 Å². The first kappa shape index (κ1) is 24.6. The van der Waals surface area contributed by atoms with E-state index in [-0.39, 0.29) is 0 Å². The Balaban J connectivity index is 1.32. The summed E-state index contributed by atoms with van der Waals surface area (Å²) < 4.78 is 8.79. The summed E-state index contributed by atoms with van der Waals surface area (Å²) >= 11 is 0. The van der Waals surface area contributed by atoms with Crippen molar-refractivity contribution < 1.29 is 4.42 Å². The number of hydrogen-bond acceptors (Lipinski definition) is 3. The quantitative estimate of drug-likeness (QED) is 0.214. The lowest BCUT2D eigenvalue weighted by molar-refractivity contribution is 0.653. The Morgan fingerprint density at radius 3 is 1.95 bits per heavy atom. The van der Waals surface area contributed by atoms with E-state index in [1.165, 1.54) is 27.4 Å². The molecule has 0 bridgehead atoms. The molecule has 4 heteroatoms. The van der Waals surface area contributed by atoms with Crippen molar-refractivity contribution in [2.24, 2.45) is 0 Å². The highest BCUT2D eigenvalue weighted by atomic mass is 16.3. The van der Waals surface area contributed by atoms with E-state index in [2.05, 4.69) is 108 Å². The smallest absolute Gasteiger partial charge is 0.231 e. The van der Waals surface area contributed by atoms with Gasteiger partial charge in [-0.15, -0.1) is 0 Å². The highest BCUT2D eigenvalue weighted by molar-refractivity contribution is 6.17. The first-order valence-electron chi connectivity index (χ1n) is 14.8. The van der Waals surface area contributed by atoms with Crippen molar-refractivity contribution in [2.45, 2.75) is 0 Å². The van der Waals surface area contributed by atoms with Gasteiger partial charge in [-0.2, -0.15) is 4.98 Å². The van der Waals surface area contributed by atoms with Crippen molar-refractivity contribution in [2.75, 3.05) is 0 Å². The average molecular weight is 564 g/mol. The molecule has 0 aliphatic carbocycles. The third kappa shape index (κ3) is 3.78. The van der Waals surface area contributed by atoms with Crippen LogP contribution in [0, 0.1) is 0 Å². The maximum atomic E-state index is 6.43. The molecule has 0 fully saturated rings. The van der Waals surface area contributed by atoms with Gasteiger partial charge in [0, 0.05) is 33.0 Å². The number of nitrogens with zero attached hydrogens (tertiary/aromatic N) is 3. The van der Waals surface area contributed by atoms with Crippen molar-refractivity contribution in [3.63, 3.8) is 0 Å². The van der Waals surface area contributed by atoms with Crippen LogP contribution in [0.15, 0.2) is 156 Å². The summed E-state index contributed by atoms with van der Waals surface area (Å²) in [7, 11) is 0. The van der Waals surface area contributed by atoms with E-state index < -0.39 is 0 Å². The van der Waals surface area contributed by atoms with Crippen LogP contribution in [-0.2, 0) is 0 Å². The summed E-state index contributed by atoms with van der Waals surface area (Å²) in [4.78, 5) is 10.0. The Kier molecular flexibility index (Phi) is 5.47. The van der Waals surface area contributed by atoms with Gasteiger partial charge in [-0.25, -0.2) is 4.98 Å².